The number of aliphatic carboxylic acids is 1. The molecule has 0 rings (SSSR count). The fraction of sp³-hybridized carbons (Fsp3) is 0.750. The number of rotatable bonds is 12. The Morgan fingerprint density at radius 2 is 1.75 bits per heavy atom. The minimum atomic E-state index is -0.948. The first kappa shape index (κ1) is 18.7. The third-order valence-corrected chi connectivity index (χ3v) is 2.94. The van der Waals surface area contributed by atoms with Crippen LogP contribution in [0.3, 0.4) is 0 Å². The SMILES string of the molecule is CCCCCC/C=C/CCCC(=O)OC(C)CC(=O)O. The highest BCUT2D eigenvalue weighted by molar-refractivity contribution is 5.71. The molecule has 0 aliphatic rings. The normalized spacial score (nSPS) is 12.5. The molecule has 1 atom stereocenters. The average Bonchev–Trinajstić information content (AvgIpc) is 2.35. The maximum Gasteiger partial charge on any atom is 0.307 e. The van der Waals surface area contributed by atoms with Crippen LogP contribution in [0.2, 0.25) is 0 Å². The van der Waals surface area contributed by atoms with Crippen molar-refractivity contribution in [3.8, 4) is 0 Å². The average molecular weight is 284 g/mol. The lowest BCUT2D eigenvalue weighted by Crippen LogP contribution is -2.18. The van der Waals surface area contributed by atoms with E-state index in [9.17, 15) is 9.59 Å². The molecule has 0 fully saturated rings. The Kier molecular flexibility index (Phi) is 11.9. The molecule has 4 heteroatoms. The summed E-state index contributed by atoms with van der Waals surface area (Å²) in [4.78, 5) is 21.8. The molecule has 4 nitrogen and oxygen atoms in total. The lowest BCUT2D eigenvalue weighted by atomic mass is 10.1. The van der Waals surface area contributed by atoms with E-state index in [2.05, 4.69) is 19.1 Å². The summed E-state index contributed by atoms with van der Waals surface area (Å²) in [6, 6.07) is 0. The van der Waals surface area contributed by atoms with Gasteiger partial charge in [0.2, 0.25) is 0 Å². The van der Waals surface area contributed by atoms with Gasteiger partial charge in [-0.25, -0.2) is 0 Å². The molecule has 0 aliphatic carbocycles. The molecule has 116 valence electrons. The first-order valence-electron chi connectivity index (χ1n) is 7.62. The predicted molar refractivity (Wildman–Crippen MR) is 79.6 cm³/mol. The highest BCUT2D eigenvalue weighted by atomic mass is 16.5. The van der Waals surface area contributed by atoms with Crippen LogP contribution in [0.15, 0.2) is 12.2 Å². The van der Waals surface area contributed by atoms with Crippen LogP contribution in [0, 0.1) is 0 Å². The van der Waals surface area contributed by atoms with Crippen molar-refractivity contribution in [1.29, 1.82) is 0 Å². The third-order valence-electron chi connectivity index (χ3n) is 2.94. The van der Waals surface area contributed by atoms with E-state index in [1.165, 1.54) is 25.7 Å². The van der Waals surface area contributed by atoms with Crippen LogP contribution in [0.1, 0.15) is 71.6 Å². The van der Waals surface area contributed by atoms with Gasteiger partial charge in [0.1, 0.15) is 6.10 Å². The van der Waals surface area contributed by atoms with E-state index in [1.54, 1.807) is 6.92 Å². The Labute approximate surface area is 122 Å². The van der Waals surface area contributed by atoms with Crippen molar-refractivity contribution in [1.82, 2.24) is 0 Å². The van der Waals surface area contributed by atoms with Crippen LogP contribution in [-0.4, -0.2) is 23.1 Å². The first-order chi connectivity index (χ1) is 9.56. The maximum atomic E-state index is 11.4. The molecule has 0 aliphatic heterocycles. The van der Waals surface area contributed by atoms with Gasteiger partial charge in [-0.2, -0.15) is 0 Å². The van der Waals surface area contributed by atoms with Crippen LogP contribution in [-0.2, 0) is 14.3 Å². The standard InChI is InChI=1S/C16H28O4/c1-3-4-5-6-7-8-9-10-11-12-16(19)20-14(2)13-15(17)18/h8-9,14H,3-7,10-13H2,1-2H3,(H,17,18)/b9-8+. The van der Waals surface area contributed by atoms with Crippen molar-refractivity contribution in [2.45, 2.75) is 77.7 Å². The Balaban J connectivity index is 3.47. The number of unbranched alkanes of at least 4 members (excludes halogenated alkanes) is 5. The van der Waals surface area contributed by atoms with Crippen LogP contribution in [0.25, 0.3) is 0 Å². The van der Waals surface area contributed by atoms with E-state index in [0.717, 1.165) is 19.3 Å². The fourth-order valence-electron chi connectivity index (χ4n) is 1.86. The summed E-state index contributed by atoms with van der Waals surface area (Å²) in [5.41, 5.74) is 0. The fourth-order valence-corrected chi connectivity index (χ4v) is 1.86. The quantitative estimate of drug-likeness (QED) is 0.333. The predicted octanol–water partition coefficient (Wildman–Crippen LogP) is 4.09. The number of allylic oxidation sites excluding steroid dienone is 2. The van der Waals surface area contributed by atoms with Crippen LogP contribution in [0.4, 0.5) is 0 Å². The molecular weight excluding hydrogens is 256 g/mol. The third kappa shape index (κ3) is 13.1. The molecule has 0 saturated carbocycles. The van der Waals surface area contributed by atoms with Gasteiger partial charge in [0.05, 0.1) is 6.42 Å². The topological polar surface area (TPSA) is 63.6 Å². The number of carboxylic acid groups (broad SMARTS) is 1. The molecule has 20 heavy (non-hydrogen) atoms. The molecule has 0 bridgehead atoms. The molecule has 0 spiro atoms. The first-order valence-corrected chi connectivity index (χ1v) is 7.62. The maximum absolute atomic E-state index is 11.4. The Hall–Kier alpha value is -1.32. The largest absolute Gasteiger partial charge is 0.481 e. The number of hydrogen-bond donors (Lipinski definition) is 1. The summed E-state index contributed by atoms with van der Waals surface area (Å²) in [6.45, 7) is 3.80. The minimum Gasteiger partial charge on any atom is -0.481 e. The van der Waals surface area contributed by atoms with Gasteiger partial charge in [-0.15, -0.1) is 0 Å². The van der Waals surface area contributed by atoms with Crippen molar-refractivity contribution in [3.63, 3.8) is 0 Å². The summed E-state index contributed by atoms with van der Waals surface area (Å²) < 4.78 is 4.99. The summed E-state index contributed by atoms with van der Waals surface area (Å²) in [7, 11) is 0. The molecule has 1 unspecified atom stereocenters. The molecule has 0 aromatic heterocycles. The lowest BCUT2D eigenvalue weighted by Gasteiger charge is -2.10. The van der Waals surface area contributed by atoms with E-state index in [1.807, 2.05) is 0 Å². The zero-order valence-corrected chi connectivity index (χ0v) is 12.8. The second-order valence-corrected chi connectivity index (χ2v) is 5.11. The van der Waals surface area contributed by atoms with Crippen molar-refractivity contribution >= 4 is 11.9 Å². The van der Waals surface area contributed by atoms with Gasteiger partial charge in [-0.1, -0.05) is 38.3 Å². The minimum absolute atomic E-state index is 0.136. The number of hydrogen-bond acceptors (Lipinski definition) is 3. The molecule has 0 radical (unpaired) electrons. The smallest absolute Gasteiger partial charge is 0.307 e. The van der Waals surface area contributed by atoms with Crippen molar-refractivity contribution < 1.29 is 19.4 Å². The molecule has 0 aromatic carbocycles. The molecular formula is C16H28O4. The summed E-state index contributed by atoms with van der Waals surface area (Å²) in [6.07, 6.45) is 11.8. The van der Waals surface area contributed by atoms with Gasteiger partial charge in [-0.3, -0.25) is 9.59 Å². The van der Waals surface area contributed by atoms with Crippen molar-refractivity contribution in [2.75, 3.05) is 0 Å². The van der Waals surface area contributed by atoms with Gasteiger partial charge < -0.3 is 9.84 Å². The second-order valence-electron chi connectivity index (χ2n) is 5.11. The molecule has 1 N–H and O–H groups in total. The molecule has 0 saturated heterocycles. The second kappa shape index (κ2) is 12.7. The summed E-state index contributed by atoms with van der Waals surface area (Å²) in [5.74, 6) is -1.26. The highest BCUT2D eigenvalue weighted by Gasteiger charge is 2.12. The van der Waals surface area contributed by atoms with E-state index in [0.29, 0.717) is 6.42 Å². The van der Waals surface area contributed by atoms with Gasteiger partial charge >= 0.3 is 11.9 Å². The van der Waals surface area contributed by atoms with Gasteiger partial charge in [0.15, 0.2) is 0 Å². The van der Waals surface area contributed by atoms with E-state index in [-0.39, 0.29) is 12.4 Å². The number of carbonyl (C=O) groups excluding carboxylic acids is 1. The molecule has 0 heterocycles. The summed E-state index contributed by atoms with van der Waals surface area (Å²) >= 11 is 0. The number of carbonyl (C=O) groups is 2. The zero-order chi connectivity index (χ0) is 15.2. The Bertz CT molecular complexity index is 297. The van der Waals surface area contributed by atoms with Crippen LogP contribution in [0.5, 0.6) is 0 Å². The number of ether oxygens (including phenoxy) is 1. The van der Waals surface area contributed by atoms with Crippen LogP contribution >= 0.6 is 0 Å². The van der Waals surface area contributed by atoms with E-state index in [4.69, 9.17) is 9.84 Å². The van der Waals surface area contributed by atoms with Crippen LogP contribution < -0.4 is 0 Å². The van der Waals surface area contributed by atoms with Crippen molar-refractivity contribution in [3.05, 3.63) is 12.2 Å². The van der Waals surface area contributed by atoms with E-state index >= 15 is 0 Å². The van der Waals surface area contributed by atoms with Gasteiger partial charge in [0, 0.05) is 6.42 Å². The van der Waals surface area contributed by atoms with Gasteiger partial charge in [0.25, 0.3) is 0 Å². The number of carboxylic acids is 1. The summed E-state index contributed by atoms with van der Waals surface area (Å²) in [5, 5.41) is 8.55. The van der Waals surface area contributed by atoms with E-state index < -0.39 is 12.1 Å². The number of esters is 1. The Morgan fingerprint density at radius 1 is 1.10 bits per heavy atom. The molecule has 0 amide bonds. The lowest BCUT2D eigenvalue weighted by molar-refractivity contribution is -0.151. The Morgan fingerprint density at radius 3 is 2.35 bits per heavy atom. The highest BCUT2D eigenvalue weighted by Crippen LogP contribution is 2.06. The zero-order valence-electron chi connectivity index (χ0n) is 12.8. The van der Waals surface area contributed by atoms with Crippen molar-refractivity contribution in [2.24, 2.45) is 0 Å². The monoisotopic (exact) mass is 284 g/mol. The van der Waals surface area contributed by atoms with Gasteiger partial charge in [-0.05, 0) is 32.6 Å². The molecule has 0 aromatic rings.